The van der Waals surface area contributed by atoms with Gasteiger partial charge in [0.2, 0.25) is 11.5 Å². The summed E-state index contributed by atoms with van der Waals surface area (Å²) >= 11 is 0. The Hall–Kier alpha value is -2.31. The Bertz CT molecular complexity index is 710. The van der Waals surface area contributed by atoms with Gasteiger partial charge in [0.05, 0.1) is 11.1 Å². The first kappa shape index (κ1) is 19.0. The van der Waals surface area contributed by atoms with Crippen molar-refractivity contribution < 1.29 is 14.3 Å². The first-order valence-corrected chi connectivity index (χ1v) is 8.46. The predicted molar refractivity (Wildman–Crippen MR) is 95.5 cm³/mol. The number of ether oxygens (including phenoxy) is 1. The van der Waals surface area contributed by atoms with E-state index in [2.05, 4.69) is 5.32 Å². The number of carbonyl (C=O) groups is 2. The molecule has 0 saturated carbocycles. The molecule has 1 fully saturated rings. The van der Waals surface area contributed by atoms with E-state index in [-0.39, 0.29) is 17.6 Å². The molecule has 0 radical (unpaired) electrons. The summed E-state index contributed by atoms with van der Waals surface area (Å²) in [4.78, 5) is 37.9. The van der Waals surface area contributed by atoms with Crippen molar-refractivity contribution in [2.24, 2.45) is 12.5 Å². The number of pyridine rings is 1. The van der Waals surface area contributed by atoms with Gasteiger partial charge in [0.25, 0.3) is 0 Å². The monoisotopic (exact) mass is 349 g/mol. The average molecular weight is 349 g/mol. The molecule has 0 bridgehead atoms. The van der Waals surface area contributed by atoms with E-state index in [9.17, 15) is 14.4 Å². The second kappa shape index (κ2) is 6.90. The molecule has 0 spiro atoms. The van der Waals surface area contributed by atoms with E-state index in [1.165, 1.54) is 10.6 Å². The van der Waals surface area contributed by atoms with Crippen LogP contribution in [0.3, 0.4) is 0 Å². The molecule has 138 valence electrons. The minimum absolute atomic E-state index is 0.102. The van der Waals surface area contributed by atoms with Gasteiger partial charge in [0, 0.05) is 32.4 Å². The number of nitrogens with zero attached hydrogens (tertiary/aromatic N) is 2. The molecule has 1 aliphatic heterocycles. The van der Waals surface area contributed by atoms with Crippen molar-refractivity contribution in [3.63, 3.8) is 0 Å². The van der Waals surface area contributed by atoms with E-state index in [4.69, 9.17) is 4.74 Å². The SMILES string of the molecule is Cn1cc(NC(=O)C2(C)CCN(C(=O)OC(C)(C)C)CC2)ccc1=O. The number of rotatable bonds is 2. The molecule has 2 heterocycles. The zero-order chi connectivity index (χ0) is 18.8. The third-order valence-corrected chi connectivity index (χ3v) is 4.41. The van der Waals surface area contributed by atoms with Crippen molar-refractivity contribution in [2.45, 2.75) is 46.1 Å². The Labute approximate surface area is 148 Å². The Morgan fingerprint density at radius 2 is 1.80 bits per heavy atom. The van der Waals surface area contributed by atoms with Crippen LogP contribution in [0.1, 0.15) is 40.5 Å². The number of hydrogen-bond acceptors (Lipinski definition) is 4. The van der Waals surface area contributed by atoms with Crippen LogP contribution in [0, 0.1) is 5.41 Å². The number of carbonyl (C=O) groups excluding carboxylic acids is 2. The zero-order valence-electron chi connectivity index (χ0n) is 15.6. The molecule has 2 amide bonds. The Morgan fingerprint density at radius 3 is 2.32 bits per heavy atom. The number of hydrogen-bond donors (Lipinski definition) is 1. The van der Waals surface area contributed by atoms with Crippen LogP contribution < -0.4 is 10.9 Å². The number of aromatic nitrogens is 1. The molecule has 1 aromatic heterocycles. The number of amides is 2. The Kier molecular flexibility index (Phi) is 5.25. The van der Waals surface area contributed by atoms with Crippen molar-refractivity contribution in [3.05, 3.63) is 28.7 Å². The first-order valence-electron chi connectivity index (χ1n) is 8.46. The molecule has 0 aromatic carbocycles. The highest BCUT2D eigenvalue weighted by molar-refractivity contribution is 5.95. The highest BCUT2D eigenvalue weighted by Gasteiger charge is 2.39. The molecule has 7 nitrogen and oxygen atoms in total. The molecular formula is C18H27N3O4. The van der Waals surface area contributed by atoms with Gasteiger partial charge < -0.3 is 19.5 Å². The van der Waals surface area contributed by atoms with Gasteiger partial charge in [-0.1, -0.05) is 6.92 Å². The van der Waals surface area contributed by atoms with Crippen LogP contribution in [0.4, 0.5) is 10.5 Å². The van der Waals surface area contributed by atoms with Crippen molar-refractivity contribution in [1.29, 1.82) is 0 Å². The molecule has 1 N–H and O–H groups in total. The maximum absolute atomic E-state index is 12.7. The second-order valence-corrected chi connectivity index (χ2v) is 7.85. The van der Waals surface area contributed by atoms with Gasteiger partial charge in [0.15, 0.2) is 0 Å². The van der Waals surface area contributed by atoms with Gasteiger partial charge in [0.1, 0.15) is 5.60 Å². The molecule has 0 atom stereocenters. The fourth-order valence-electron chi connectivity index (χ4n) is 2.69. The molecule has 2 rings (SSSR count). The van der Waals surface area contributed by atoms with E-state index in [0.29, 0.717) is 31.6 Å². The standard InChI is InChI=1S/C18H27N3O4/c1-17(2,3)25-16(24)21-10-8-18(4,9-11-21)15(23)19-13-6-7-14(22)20(5)12-13/h6-7,12H,8-11H2,1-5H3,(H,19,23). The van der Waals surface area contributed by atoms with Crippen LogP contribution >= 0.6 is 0 Å². The van der Waals surface area contributed by atoms with Crippen molar-refractivity contribution in [3.8, 4) is 0 Å². The lowest BCUT2D eigenvalue weighted by atomic mass is 9.79. The molecular weight excluding hydrogens is 322 g/mol. The maximum atomic E-state index is 12.7. The van der Waals surface area contributed by atoms with Gasteiger partial charge in [-0.2, -0.15) is 0 Å². The molecule has 7 heteroatoms. The fourth-order valence-corrected chi connectivity index (χ4v) is 2.69. The second-order valence-electron chi connectivity index (χ2n) is 7.85. The van der Waals surface area contributed by atoms with Crippen molar-refractivity contribution in [1.82, 2.24) is 9.47 Å². The van der Waals surface area contributed by atoms with Crippen LogP contribution in [0.25, 0.3) is 0 Å². The third-order valence-electron chi connectivity index (χ3n) is 4.41. The summed E-state index contributed by atoms with van der Waals surface area (Å²) in [6.07, 6.45) is 2.38. The van der Waals surface area contributed by atoms with Crippen LogP contribution in [0.2, 0.25) is 0 Å². The summed E-state index contributed by atoms with van der Waals surface area (Å²) in [5.74, 6) is -0.102. The lowest BCUT2D eigenvalue weighted by Crippen LogP contribution is -2.48. The number of likely N-dealkylation sites (tertiary alicyclic amines) is 1. The molecule has 1 aliphatic rings. The normalized spacial score (nSPS) is 17.1. The number of nitrogens with one attached hydrogen (secondary N) is 1. The van der Waals surface area contributed by atoms with Crippen LogP contribution in [0.15, 0.2) is 23.1 Å². The predicted octanol–water partition coefficient (Wildman–Crippen LogP) is 2.36. The summed E-state index contributed by atoms with van der Waals surface area (Å²) in [7, 11) is 1.64. The molecule has 0 unspecified atom stereocenters. The molecule has 1 aromatic rings. The van der Waals surface area contributed by atoms with Gasteiger partial charge in [-0.05, 0) is 39.7 Å². The first-order chi connectivity index (χ1) is 11.5. The van der Waals surface area contributed by atoms with Gasteiger partial charge in [-0.15, -0.1) is 0 Å². The maximum Gasteiger partial charge on any atom is 0.410 e. The smallest absolute Gasteiger partial charge is 0.410 e. The summed E-state index contributed by atoms with van der Waals surface area (Å²) in [5.41, 5.74) is -0.635. The third kappa shape index (κ3) is 4.84. The lowest BCUT2D eigenvalue weighted by molar-refractivity contribution is -0.127. The Balaban J connectivity index is 1.97. The van der Waals surface area contributed by atoms with E-state index in [0.717, 1.165) is 0 Å². The van der Waals surface area contributed by atoms with E-state index in [1.807, 2.05) is 27.7 Å². The molecule has 1 saturated heterocycles. The Morgan fingerprint density at radius 1 is 1.20 bits per heavy atom. The van der Waals surface area contributed by atoms with Gasteiger partial charge in [-0.3, -0.25) is 9.59 Å². The van der Waals surface area contributed by atoms with E-state index < -0.39 is 11.0 Å². The van der Waals surface area contributed by atoms with Crippen LogP contribution in [-0.2, 0) is 16.6 Å². The minimum Gasteiger partial charge on any atom is -0.444 e. The van der Waals surface area contributed by atoms with E-state index in [1.54, 1.807) is 24.2 Å². The molecule has 0 aliphatic carbocycles. The van der Waals surface area contributed by atoms with Crippen LogP contribution in [-0.4, -0.2) is 40.2 Å². The van der Waals surface area contributed by atoms with E-state index >= 15 is 0 Å². The lowest BCUT2D eigenvalue weighted by Gasteiger charge is -2.38. The largest absolute Gasteiger partial charge is 0.444 e. The highest BCUT2D eigenvalue weighted by atomic mass is 16.6. The van der Waals surface area contributed by atoms with Gasteiger partial charge in [-0.25, -0.2) is 4.79 Å². The summed E-state index contributed by atoms with van der Waals surface area (Å²) in [5, 5.41) is 2.87. The summed E-state index contributed by atoms with van der Waals surface area (Å²) in [6, 6.07) is 3.02. The fraction of sp³-hybridized carbons (Fsp3) is 0.611. The van der Waals surface area contributed by atoms with Crippen molar-refractivity contribution >= 4 is 17.7 Å². The van der Waals surface area contributed by atoms with Crippen molar-refractivity contribution in [2.75, 3.05) is 18.4 Å². The molecule has 25 heavy (non-hydrogen) atoms. The summed E-state index contributed by atoms with van der Waals surface area (Å²) < 4.78 is 6.80. The average Bonchev–Trinajstić information content (AvgIpc) is 2.50. The number of anilines is 1. The zero-order valence-corrected chi connectivity index (χ0v) is 15.6. The quantitative estimate of drug-likeness (QED) is 0.889. The number of aryl methyl sites for hydroxylation is 1. The van der Waals surface area contributed by atoms with Crippen LogP contribution in [0.5, 0.6) is 0 Å². The number of piperidine rings is 1. The summed E-state index contributed by atoms with van der Waals surface area (Å²) in [6.45, 7) is 8.35. The highest BCUT2D eigenvalue weighted by Crippen LogP contribution is 2.32. The minimum atomic E-state index is -0.562. The topological polar surface area (TPSA) is 80.6 Å². The van der Waals surface area contributed by atoms with Gasteiger partial charge >= 0.3 is 6.09 Å².